The van der Waals surface area contributed by atoms with Crippen molar-refractivity contribution in [2.75, 3.05) is 47.5 Å². The lowest BCUT2D eigenvalue weighted by molar-refractivity contribution is 0.0519. The molecule has 1 aromatic heterocycles. The number of amides is 2. The highest BCUT2D eigenvalue weighted by molar-refractivity contribution is 5.97. The van der Waals surface area contributed by atoms with Crippen molar-refractivity contribution in [2.24, 2.45) is 0 Å². The van der Waals surface area contributed by atoms with Gasteiger partial charge in [-0.3, -0.25) is 9.59 Å². The predicted octanol–water partition coefficient (Wildman–Crippen LogP) is 3.48. The molecule has 2 aromatic carbocycles. The number of hydrogen-bond donors (Lipinski definition) is 0. The van der Waals surface area contributed by atoms with Crippen molar-refractivity contribution in [3.8, 4) is 17.2 Å². The van der Waals surface area contributed by atoms with Crippen LogP contribution in [0.1, 0.15) is 20.9 Å². The number of fused-ring (bicyclic) bond motifs is 1. The maximum absolute atomic E-state index is 13.1. The molecule has 2 heterocycles. The topological polar surface area (TPSA) is 81.5 Å². The molecule has 4 rings (SSSR count). The maximum atomic E-state index is 13.1. The Balaban J connectivity index is 0.00000289. The third kappa shape index (κ3) is 4.31. The second-order valence-corrected chi connectivity index (χ2v) is 7.15. The van der Waals surface area contributed by atoms with Crippen molar-refractivity contribution in [3.05, 3.63) is 53.8 Å². The predicted molar refractivity (Wildman–Crippen MR) is 121 cm³/mol. The van der Waals surface area contributed by atoms with Crippen molar-refractivity contribution >= 4 is 35.2 Å². The molecule has 1 saturated heterocycles. The third-order valence-corrected chi connectivity index (χ3v) is 5.40. The second-order valence-electron chi connectivity index (χ2n) is 7.15. The van der Waals surface area contributed by atoms with Gasteiger partial charge in [-0.1, -0.05) is 18.2 Å². The van der Waals surface area contributed by atoms with Crippen molar-refractivity contribution in [1.29, 1.82) is 0 Å². The lowest BCUT2D eigenvalue weighted by atomic mass is 10.1. The van der Waals surface area contributed by atoms with Gasteiger partial charge >= 0.3 is 0 Å². The van der Waals surface area contributed by atoms with E-state index in [0.717, 1.165) is 5.39 Å². The van der Waals surface area contributed by atoms with E-state index in [9.17, 15) is 9.59 Å². The first kappa shape index (κ1) is 23.3. The molecule has 0 atom stereocenters. The molecule has 0 unspecified atom stereocenters. The van der Waals surface area contributed by atoms with Gasteiger partial charge in [0.2, 0.25) is 5.75 Å². The van der Waals surface area contributed by atoms with Gasteiger partial charge in [0.15, 0.2) is 17.3 Å². The van der Waals surface area contributed by atoms with Crippen LogP contribution in [0.2, 0.25) is 0 Å². The molecule has 0 radical (unpaired) electrons. The lowest BCUT2D eigenvalue weighted by Crippen LogP contribution is -2.50. The van der Waals surface area contributed by atoms with Crippen LogP contribution in [0, 0.1) is 0 Å². The fourth-order valence-corrected chi connectivity index (χ4v) is 3.74. The van der Waals surface area contributed by atoms with Crippen LogP contribution >= 0.6 is 12.4 Å². The molecule has 170 valence electrons. The Hall–Kier alpha value is -3.39. The zero-order valence-electron chi connectivity index (χ0n) is 18.1. The smallest absolute Gasteiger partial charge is 0.289 e. The van der Waals surface area contributed by atoms with Crippen LogP contribution in [0.4, 0.5) is 0 Å². The number of piperazine rings is 1. The summed E-state index contributed by atoms with van der Waals surface area (Å²) in [5.74, 6) is 1.26. The Bertz CT molecular complexity index is 1060. The molecule has 3 aromatic rings. The average molecular weight is 461 g/mol. The fourth-order valence-electron chi connectivity index (χ4n) is 3.74. The van der Waals surface area contributed by atoms with E-state index in [1.807, 2.05) is 24.3 Å². The zero-order valence-corrected chi connectivity index (χ0v) is 18.9. The van der Waals surface area contributed by atoms with E-state index in [1.165, 1.54) is 21.3 Å². The maximum Gasteiger partial charge on any atom is 0.289 e. The minimum absolute atomic E-state index is 0. The van der Waals surface area contributed by atoms with E-state index in [1.54, 1.807) is 28.0 Å². The first-order chi connectivity index (χ1) is 15.0. The average Bonchev–Trinajstić information content (AvgIpc) is 3.26. The summed E-state index contributed by atoms with van der Waals surface area (Å²) in [6.07, 6.45) is 0. The van der Waals surface area contributed by atoms with Crippen molar-refractivity contribution < 1.29 is 28.2 Å². The summed E-state index contributed by atoms with van der Waals surface area (Å²) in [6, 6.07) is 12.5. The Morgan fingerprint density at radius 1 is 0.812 bits per heavy atom. The monoisotopic (exact) mass is 460 g/mol. The van der Waals surface area contributed by atoms with Gasteiger partial charge in [-0.15, -0.1) is 12.4 Å². The summed E-state index contributed by atoms with van der Waals surface area (Å²) in [7, 11) is 4.53. The van der Waals surface area contributed by atoms with E-state index in [4.69, 9.17) is 18.6 Å². The highest BCUT2D eigenvalue weighted by Gasteiger charge is 2.28. The van der Waals surface area contributed by atoms with Crippen LogP contribution in [0.15, 0.2) is 46.9 Å². The summed E-state index contributed by atoms with van der Waals surface area (Å²) in [5, 5.41) is 0.891. The molecule has 0 N–H and O–H groups in total. The van der Waals surface area contributed by atoms with Gasteiger partial charge in [0, 0.05) is 37.1 Å². The standard InChI is InChI=1S/C23H24N2O6.ClH/c1-28-18-13-16(14-19(29-2)21(18)30-3)22(26)24-8-10-25(11-9-24)23(27)20-12-15-6-4-5-7-17(15)31-20;/h4-7,12-14H,8-11H2,1-3H3;1H. The molecule has 0 saturated carbocycles. The molecule has 8 nitrogen and oxygen atoms in total. The molecular formula is C23H25ClN2O6. The Kier molecular flexibility index (Phi) is 7.15. The Morgan fingerprint density at radius 3 is 1.91 bits per heavy atom. The molecule has 9 heteroatoms. The molecule has 1 aliphatic heterocycles. The van der Waals surface area contributed by atoms with Gasteiger partial charge in [0.1, 0.15) is 5.58 Å². The van der Waals surface area contributed by atoms with Gasteiger partial charge in [0.05, 0.1) is 21.3 Å². The number of furan rings is 1. The SMILES string of the molecule is COc1cc(C(=O)N2CCN(C(=O)c3cc4ccccc4o3)CC2)cc(OC)c1OC.Cl. The number of hydrogen-bond acceptors (Lipinski definition) is 6. The van der Waals surface area contributed by atoms with E-state index in [0.29, 0.717) is 60.3 Å². The molecule has 1 fully saturated rings. The minimum atomic E-state index is -0.170. The van der Waals surface area contributed by atoms with Crippen LogP contribution in [-0.2, 0) is 0 Å². The van der Waals surface area contributed by atoms with Crippen LogP contribution in [0.25, 0.3) is 11.0 Å². The number of para-hydroxylation sites is 1. The van der Waals surface area contributed by atoms with Crippen LogP contribution in [0.5, 0.6) is 17.2 Å². The minimum Gasteiger partial charge on any atom is -0.493 e. The summed E-state index contributed by atoms with van der Waals surface area (Å²) < 4.78 is 21.7. The molecular weight excluding hydrogens is 436 g/mol. The second kappa shape index (κ2) is 9.82. The van der Waals surface area contributed by atoms with Gasteiger partial charge in [-0.25, -0.2) is 0 Å². The number of benzene rings is 2. The first-order valence-electron chi connectivity index (χ1n) is 9.93. The summed E-state index contributed by atoms with van der Waals surface area (Å²) in [4.78, 5) is 29.3. The van der Waals surface area contributed by atoms with Gasteiger partial charge in [-0.05, 0) is 24.3 Å². The number of carbonyl (C=O) groups is 2. The largest absolute Gasteiger partial charge is 0.493 e. The lowest BCUT2D eigenvalue weighted by Gasteiger charge is -2.34. The molecule has 0 aliphatic carbocycles. The molecule has 1 aliphatic rings. The molecule has 0 spiro atoms. The van der Waals surface area contributed by atoms with Crippen LogP contribution in [0.3, 0.4) is 0 Å². The van der Waals surface area contributed by atoms with Gasteiger partial charge in [0.25, 0.3) is 11.8 Å². The van der Waals surface area contributed by atoms with E-state index < -0.39 is 0 Å². The van der Waals surface area contributed by atoms with Crippen molar-refractivity contribution in [1.82, 2.24) is 9.80 Å². The fraction of sp³-hybridized carbons (Fsp3) is 0.304. The van der Waals surface area contributed by atoms with Crippen LogP contribution in [-0.4, -0.2) is 69.1 Å². The van der Waals surface area contributed by atoms with E-state index >= 15 is 0 Å². The van der Waals surface area contributed by atoms with Crippen molar-refractivity contribution in [2.45, 2.75) is 0 Å². The van der Waals surface area contributed by atoms with Crippen LogP contribution < -0.4 is 14.2 Å². The molecule has 2 amide bonds. The number of rotatable bonds is 5. The summed E-state index contributed by atoms with van der Waals surface area (Å²) in [6.45, 7) is 1.68. The van der Waals surface area contributed by atoms with E-state index in [2.05, 4.69) is 0 Å². The quantitative estimate of drug-likeness (QED) is 0.580. The zero-order chi connectivity index (χ0) is 22.0. The number of nitrogens with zero attached hydrogens (tertiary/aromatic N) is 2. The molecule has 0 bridgehead atoms. The molecule has 32 heavy (non-hydrogen) atoms. The summed E-state index contributed by atoms with van der Waals surface area (Å²) >= 11 is 0. The number of carbonyl (C=O) groups excluding carboxylic acids is 2. The van der Waals surface area contributed by atoms with Crippen molar-refractivity contribution in [3.63, 3.8) is 0 Å². The number of halogens is 1. The number of methoxy groups -OCH3 is 3. The normalized spacial score (nSPS) is 13.5. The van der Waals surface area contributed by atoms with Gasteiger partial charge in [-0.2, -0.15) is 0 Å². The van der Waals surface area contributed by atoms with E-state index in [-0.39, 0.29) is 24.2 Å². The number of ether oxygens (including phenoxy) is 3. The highest BCUT2D eigenvalue weighted by atomic mass is 35.5. The first-order valence-corrected chi connectivity index (χ1v) is 9.93. The Labute approximate surface area is 192 Å². The highest BCUT2D eigenvalue weighted by Crippen LogP contribution is 2.38. The third-order valence-electron chi connectivity index (χ3n) is 5.40. The van der Waals surface area contributed by atoms with Gasteiger partial charge < -0.3 is 28.4 Å². The Morgan fingerprint density at radius 2 is 1.38 bits per heavy atom. The summed E-state index contributed by atoms with van der Waals surface area (Å²) in [5.41, 5.74) is 1.12.